The molecule has 0 fully saturated rings. The van der Waals surface area contributed by atoms with Crippen LogP contribution in [0.5, 0.6) is 0 Å². The monoisotopic (exact) mass is 225 g/mol. The van der Waals surface area contributed by atoms with Gasteiger partial charge in [0, 0.05) is 7.05 Å². The summed E-state index contributed by atoms with van der Waals surface area (Å²) in [4.78, 5) is 31.9. The van der Waals surface area contributed by atoms with E-state index in [-0.39, 0.29) is 6.41 Å². The largest absolute Gasteiger partial charge is 0.477 e. The van der Waals surface area contributed by atoms with E-state index >= 15 is 0 Å². The van der Waals surface area contributed by atoms with Gasteiger partial charge in [-0.25, -0.2) is 4.79 Å². The Kier molecular flexibility index (Phi) is 4.44. The van der Waals surface area contributed by atoms with E-state index in [1.807, 2.05) is 0 Å². The summed E-state index contributed by atoms with van der Waals surface area (Å²) in [5, 5.41) is 6.80. The smallest absolute Gasteiger partial charge is 0.349 e. The number of likely N-dealkylation sites (N-methyl/N-ethyl adjacent to an activating group) is 1. The van der Waals surface area contributed by atoms with Crippen LogP contribution in [0.15, 0.2) is 10.1 Å². The molecule has 0 aliphatic rings. The van der Waals surface area contributed by atoms with Crippen molar-refractivity contribution in [3.63, 3.8) is 0 Å². The number of carbonyl (C=O) groups is 3. The summed E-state index contributed by atoms with van der Waals surface area (Å²) >= 11 is 10.4. The van der Waals surface area contributed by atoms with Gasteiger partial charge < -0.3 is 5.11 Å². The number of amides is 2. The molecule has 0 bridgehead atoms. The van der Waals surface area contributed by atoms with Crippen LogP contribution in [0.2, 0.25) is 0 Å². The minimum absolute atomic E-state index is 0.191. The molecule has 5 nitrogen and oxygen atoms in total. The summed E-state index contributed by atoms with van der Waals surface area (Å²) in [6.45, 7) is 0. The maximum atomic E-state index is 11.0. The molecule has 0 aromatic heterocycles. The van der Waals surface area contributed by atoms with E-state index in [9.17, 15) is 14.4 Å². The number of halogens is 2. The van der Waals surface area contributed by atoms with E-state index in [1.165, 1.54) is 0 Å². The predicted molar refractivity (Wildman–Crippen MR) is 45.2 cm³/mol. The predicted octanol–water partition coefficient (Wildman–Crippen LogP) is 0.375. The number of nitrogens with zero attached hydrogens (tertiary/aromatic N) is 1. The number of hydrogen-bond donors (Lipinski definition) is 1. The van der Waals surface area contributed by atoms with Gasteiger partial charge in [-0.1, -0.05) is 23.2 Å². The molecule has 1 N–H and O–H groups in total. The van der Waals surface area contributed by atoms with Gasteiger partial charge >= 0.3 is 5.97 Å². The van der Waals surface area contributed by atoms with E-state index in [0.717, 1.165) is 7.05 Å². The standard InChI is InChI=1S/C6H5Cl2NO4/c1-9(2-10)5(11)3(7)4(8)6(12)13/h2H,1H3,(H,12,13)/b4-3-. The van der Waals surface area contributed by atoms with Gasteiger partial charge in [0.25, 0.3) is 5.91 Å². The van der Waals surface area contributed by atoms with Crippen LogP contribution in [0.4, 0.5) is 0 Å². The van der Waals surface area contributed by atoms with Crippen LogP contribution < -0.4 is 0 Å². The second kappa shape index (κ2) is 4.84. The van der Waals surface area contributed by atoms with Crippen molar-refractivity contribution in [2.75, 3.05) is 7.05 Å². The third-order valence-electron chi connectivity index (χ3n) is 1.05. The van der Waals surface area contributed by atoms with Crippen LogP contribution in [0.1, 0.15) is 0 Å². The Hall–Kier alpha value is -1.07. The molecular formula is C6H5Cl2NO4. The van der Waals surface area contributed by atoms with Gasteiger partial charge in [-0.3, -0.25) is 14.5 Å². The first-order chi connectivity index (χ1) is 5.91. The van der Waals surface area contributed by atoms with Crippen molar-refractivity contribution in [3.8, 4) is 0 Å². The Labute approximate surface area is 83.5 Å². The van der Waals surface area contributed by atoms with Crippen molar-refractivity contribution in [1.29, 1.82) is 0 Å². The zero-order valence-electron chi connectivity index (χ0n) is 6.45. The molecule has 0 heterocycles. The van der Waals surface area contributed by atoms with Crippen LogP contribution in [-0.2, 0) is 14.4 Å². The Morgan fingerprint density at radius 2 is 1.77 bits per heavy atom. The van der Waals surface area contributed by atoms with Crippen molar-refractivity contribution in [1.82, 2.24) is 4.90 Å². The zero-order valence-corrected chi connectivity index (χ0v) is 7.96. The van der Waals surface area contributed by atoms with Gasteiger partial charge in [0.05, 0.1) is 0 Å². The van der Waals surface area contributed by atoms with Gasteiger partial charge in [0.15, 0.2) is 0 Å². The number of rotatable bonds is 3. The second-order valence-electron chi connectivity index (χ2n) is 1.95. The molecule has 0 aliphatic heterocycles. The van der Waals surface area contributed by atoms with Crippen molar-refractivity contribution in [3.05, 3.63) is 10.1 Å². The average molecular weight is 226 g/mol. The molecule has 0 aromatic rings. The number of imide groups is 1. The first kappa shape index (κ1) is 11.9. The van der Waals surface area contributed by atoms with Crippen LogP contribution >= 0.6 is 23.2 Å². The third kappa shape index (κ3) is 3.04. The van der Waals surface area contributed by atoms with Crippen molar-refractivity contribution in [2.45, 2.75) is 0 Å². The lowest BCUT2D eigenvalue weighted by molar-refractivity contribution is -0.135. The highest BCUT2D eigenvalue weighted by Crippen LogP contribution is 2.15. The Morgan fingerprint density at radius 1 is 1.31 bits per heavy atom. The maximum Gasteiger partial charge on any atom is 0.349 e. The molecule has 7 heteroatoms. The number of carboxylic acids is 1. The van der Waals surface area contributed by atoms with Gasteiger partial charge in [0.1, 0.15) is 10.1 Å². The number of carboxylic acid groups (broad SMARTS) is 1. The van der Waals surface area contributed by atoms with Crippen molar-refractivity contribution >= 4 is 41.5 Å². The first-order valence-corrected chi connectivity index (χ1v) is 3.68. The Bertz CT molecular complexity index is 286. The van der Waals surface area contributed by atoms with E-state index in [0.29, 0.717) is 4.90 Å². The normalized spacial score (nSPS) is 11.6. The fourth-order valence-electron chi connectivity index (χ4n) is 0.390. The molecule has 0 aromatic carbocycles. The van der Waals surface area contributed by atoms with Gasteiger partial charge in [-0.15, -0.1) is 0 Å². The molecule has 2 amide bonds. The lowest BCUT2D eigenvalue weighted by Gasteiger charge is -2.07. The van der Waals surface area contributed by atoms with Crippen molar-refractivity contribution < 1.29 is 19.5 Å². The van der Waals surface area contributed by atoms with Crippen LogP contribution in [0, 0.1) is 0 Å². The Morgan fingerprint density at radius 3 is 2.08 bits per heavy atom. The highest BCUT2D eigenvalue weighted by molar-refractivity contribution is 6.53. The van der Waals surface area contributed by atoms with Crippen LogP contribution in [0.25, 0.3) is 0 Å². The molecule has 0 aliphatic carbocycles. The average Bonchev–Trinajstić information content (AvgIpc) is 2.12. The maximum absolute atomic E-state index is 11.0. The van der Waals surface area contributed by atoms with Crippen molar-refractivity contribution in [2.24, 2.45) is 0 Å². The summed E-state index contributed by atoms with van der Waals surface area (Å²) in [7, 11) is 1.13. The first-order valence-electron chi connectivity index (χ1n) is 2.92. The van der Waals surface area contributed by atoms with E-state index in [2.05, 4.69) is 0 Å². The molecule has 72 valence electrons. The molecule has 0 unspecified atom stereocenters. The fourth-order valence-corrected chi connectivity index (χ4v) is 0.685. The highest BCUT2D eigenvalue weighted by Gasteiger charge is 2.19. The number of aliphatic carboxylic acids is 1. The van der Waals surface area contributed by atoms with Gasteiger partial charge in [0.2, 0.25) is 6.41 Å². The third-order valence-corrected chi connectivity index (χ3v) is 1.84. The highest BCUT2D eigenvalue weighted by atomic mass is 35.5. The Balaban J connectivity index is 4.88. The molecule has 13 heavy (non-hydrogen) atoms. The molecule has 0 saturated heterocycles. The van der Waals surface area contributed by atoms with Gasteiger partial charge in [-0.05, 0) is 0 Å². The minimum atomic E-state index is -1.53. The number of carbonyl (C=O) groups excluding carboxylic acids is 2. The fraction of sp³-hybridized carbons (Fsp3) is 0.167. The van der Waals surface area contributed by atoms with Gasteiger partial charge in [-0.2, -0.15) is 0 Å². The summed E-state index contributed by atoms with van der Waals surface area (Å²) in [6.07, 6.45) is 0.191. The molecular weight excluding hydrogens is 221 g/mol. The van der Waals surface area contributed by atoms with E-state index < -0.39 is 21.9 Å². The second-order valence-corrected chi connectivity index (χ2v) is 2.71. The minimum Gasteiger partial charge on any atom is -0.477 e. The molecule has 0 saturated carbocycles. The summed E-state index contributed by atoms with van der Waals surface area (Å²) in [5.74, 6) is -2.50. The SMILES string of the molecule is CN(C=O)C(=O)/C(Cl)=C(/Cl)C(=O)O. The lowest BCUT2D eigenvalue weighted by atomic mass is 10.4. The molecule has 0 spiro atoms. The molecule has 0 rings (SSSR count). The quantitative estimate of drug-likeness (QED) is 0.557. The molecule has 0 atom stereocenters. The number of hydrogen-bond acceptors (Lipinski definition) is 3. The van der Waals surface area contributed by atoms with E-state index in [1.54, 1.807) is 0 Å². The van der Waals surface area contributed by atoms with Crippen LogP contribution in [-0.4, -0.2) is 35.3 Å². The lowest BCUT2D eigenvalue weighted by Crippen LogP contribution is -2.25. The summed E-state index contributed by atoms with van der Waals surface area (Å²) < 4.78 is 0. The summed E-state index contributed by atoms with van der Waals surface area (Å²) in [5.41, 5.74) is 0. The summed E-state index contributed by atoms with van der Waals surface area (Å²) in [6, 6.07) is 0. The topological polar surface area (TPSA) is 74.7 Å². The van der Waals surface area contributed by atoms with E-state index in [4.69, 9.17) is 28.3 Å². The molecule has 0 radical (unpaired) electrons. The zero-order chi connectivity index (χ0) is 10.6. The van der Waals surface area contributed by atoms with Crippen LogP contribution in [0.3, 0.4) is 0 Å².